The van der Waals surface area contributed by atoms with Gasteiger partial charge in [-0.2, -0.15) is 0 Å². The summed E-state index contributed by atoms with van der Waals surface area (Å²) in [4.78, 5) is 10.9. The van der Waals surface area contributed by atoms with Gasteiger partial charge < -0.3 is 4.74 Å². The molecule has 0 aromatic rings. The fraction of sp³-hybridized carbons (Fsp3) is 0.824. The molecular weight excluding hydrogens is 236 g/mol. The maximum absolute atomic E-state index is 10.9. The summed E-state index contributed by atoms with van der Waals surface area (Å²) in [7, 11) is 1.45. The summed E-state index contributed by atoms with van der Waals surface area (Å²) in [6.07, 6.45) is 13.4. The van der Waals surface area contributed by atoms with Crippen LogP contribution in [0.4, 0.5) is 0 Å². The molecule has 112 valence electrons. The minimum Gasteiger partial charge on any atom is -0.469 e. The fourth-order valence-electron chi connectivity index (χ4n) is 2.21. The maximum atomic E-state index is 10.9. The lowest BCUT2D eigenvalue weighted by Gasteiger charge is -2.13. The minimum atomic E-state index is -0.0885. The summed E-state index contributed by atoms with van der Waals surface area (Å²) in [6.45, 7) is 6.94. The van der Waals surface area contributed by atoms with Gasteiger partial charge >= 0.3 is 5.97 Å². The maximum Gasteiger partial charge on any atom is 0.305 e. The monoisotopic (exact) mass is 268 g/mol. The van der Waals surface area contributed by atoms with Crippen LogP contribution in [0.1, 0.15) is 72.1 Å². The highest BCUT2D eigenvalue weighted by molar-refractivity contribution is 5.68. The smallest absolute Gasteiger partial charge is 0.305 e. The van der Waals surface area contributed by atoms with Gasteiger partial charge in [0.1, 0.15) is 0 Å². The van der Waals surface area contributed by atoms with Crippen molar-refractivity contribution in [2.45, 2.75) is 72.1 Å². The molecule has 0 aromatic heterocycles. The van der Waals surface area contributed by atoms with Gasteiger partial charge in [-0.15, -0.1) is 0 Å². The van der Waals surface area contributed by atoms with Crippen LogP contribution in [0.25, 0.3) is 0 Å². The van der Waals surface area contributed by atoms with Crippen molar-refractivity contribution < 1.29 is 9.53 Å². The van der Waals surface area contributed by atoms with E-state index >= 15 is 0 Å². The number of ether oxygens (including phenoxy) is 1. The van der Waals surface area contributed by atoms with E-state index < -0.39 is 0 Å². The number of unbranched alkanes of at least 4 members (excludes halogenated alkanes) is 3. The van der Waals surface area contributed by atoms with Crippen molar-refractivity contribution in [2.24, 2.45) is 11.8 Å². The molecule has 0 saturated heterocycles. The Bertz CT molecular complexity index is 246. The Morgan fingerprint density at radius 2 is 1.84 bits per heavy atom. The van der Waals surface area contributed by atoms with Crippen molar-refractivity contribution in [1.29, 1.82) is 0 Å². The number of esters is 1. The van der Waals surface area contributed by atoms with Crippen molar-refractivity contribution in [2.75, 3.05) is 7.11 Å². The highest BCUT2D eigenvalue weighted by Gasteiger charge is 2.05. The topological polar surface area (TPSA) is 26.3 Å². The van der Waals surface area contributed by atoms with Crippen molar-refractivity contribution in [1.82, 2.24) is 0 Å². The van der Waals surface area contributed by atoms with Crippen molar-refractivity contribution in [3.05, 3.63) is 12.2 Å². The third-order valence-corrected chi connectivity index (χ3v) is 3.69. The Kier molecular flexibility index (Phi) is 11.7. The summed E-state index contributed by atoms with van der Waals surface area (Å²) in [5, 5.41) is 0. The van der Waals surface area contributed by atoms with Crippen molar-refractivity contribution in [3.8, 4) is 0 Å². The number of methoxy groups -OCH3 is 1. The van der Waals surface area contributed by atoms with E-state index in [0.717, 1.165) is 31.1 Å². The fourth-order valence-corrected chi connectivity index (χ4v) is 2.21. The van der Waals surface area contributed by atoms with Crippen LogP contribution in [0.15, 0.2) is 12.2 Å². The Balaban J connectivity index is 3.41. The molecule has 0 unspecified atom stereocenters. The summed E-state index contributed by atoms with van der Waals surface area (Å²) in [5.74, 6) is 1.56. The lowest BCUT2D eigenvalue weighted by atomic mass is 9.93. The van der Waals surface area contributed by atoms with E-state index in [9.17, 15) is 4.79 Å². The molecule has 0 aromatic carbocycles. The van der Waals surface area contributed by atoms with E-state index in [2.05, 4.69) is 37.7 Å². The predicted octanol–water partition coefficient (Wildman–Crippen LogP) is 5.13. The zero-order chi connectivity index (χ0) is 14.5. The first-order valence-corrected chi connectivity index (χ1v) is 7.81. The van der Waals surface area contributed by atoms with E-state index in [4.69, 9.17) is 0 Å². The van der Waals surface area contributed by atoms with Gasteiger partial charge in [0.2, 0.25) is 0 Å². The van der Waals surface area contributed by atoms with E-state index in [1.54, 1.807) is 0 Å². The second-order valence-corrected chi connectivity index (χ2v) is 5.74. The third-order valence-electron chi connectivity index (χ3n) is 3.69. The Morgan fingerprint density at radius 3 is 2.47 bits per heavy atom. The first-order valence-electron chi connectivity index (χ1n) is 7.81. The van der Waals surface area contributed by atoms with Crippen LogP contribution in [-0.4, -0.2) is 13.1 Å². The average molecular weight is 268 g/mol. The van der Waals surface area contributed by atoms with Crippen molar-refractivity contribution in [3.63, 3.8) is 0 Å². The van der Waals surface area contributed by atoms with Gasteiger partial charge in [-0.1, -0.05) is 45.8 Å². The molecule has 0 aliphatic carbocycles. The molecule has 2 nitrogen and oxygen atoms in total. The van der Waals surface area contributed by atoms with Crippen LogP contribution >= 0.6 is 0 Å². The SMILES string of the molecule is CC[C@H](C)C[C@H](C)C/C=C/CCCCCC(=O)OC. The second-order valence-electron chi connectivity index (χ2n) is 5.74. The zero-order valence-corrected chi connectivity index (χ0v) is 13.3. The number of allylic oxidation sites excluding steroid dienone is 2. The van der Waals surface area contributed by atoms with E-state index in [-0.39, 0.29) is 5.97 Å². The van der Waals surface area contributed by atoms with Gasteiger partial charge in [0.15, 0.2) is 0 Å². The summed E-state index contributed by atoms with van der Waals surface area (Å²) < 4.78 is 4.61. The van der Waals surface area contributed by atoms with Crippen LogP contribution in [0, 0.1) is 11.8 Å². The van der Waals surface area contributed by atoms with Crippen LogP contribution in [0.3, 0.4) is 0 Å². The normalized spacial score (nSPS) is 14.5. The lowest BCUT2D eigenvalue weighted by Crippen LogP contribution is -2.00. The first kappa shape index (κ1) is 18.2. The number of rotatable bonds is 11. The third kappa shape index (κ3) is 12.0. The van der Waals surface area contributed by atoms with Gasteiger partial charge in [0, 0.05) is 6.42 Å². The molecular formula is C17H32O2. The molecule has 0 fully saturated rings. The largest absolute Gasteiger partial charge is 0.469 e. The number of hydrogen-bond acceptors (Lipinski definition) is 2. The Hall–Kier alpha value is -0.790. The van der Waals surface area contributed by atoms with Crippen LogP contribution in [-0.2, 0) is 9.53 Å². The Morgan fingerprint density at radius 1 is 1.11 bits per heavy atom. The molecule has 2 heteroatoms. The molecule has 0 bridgehead atoms. The second kappa shape index (κ2) is 12.3. The predicted molar refractivity (Wildman–Crippen MR) is 82.1 cm³/mol. The van der Waals surface area contributed by atoms with Gasteiger partial charge in [-0.3, -0.25) is 4.79 Å². The van der Waals surface area contributed by atoms with Crippen LogP contribution < -0.4 is 0 Å². The quantitative estimate of drug-likeness (QED) is 0.295. The molecule has 19 heavy (non-hydrogen) atoms. The highest BCUT2D eigenvalue weighted by atomic mass is 16.5. The van der Waals surface area contributed by atoms with Crippen LogP contribution in [0.2, 0.25) is 0 Å². The molecule has 0 radical (unpaired) electrons. The lowest BCUT2D eigenvalue weighted by molar-refractivity contribution is -0.140. The van der Waals surface area contributed by atoms with Crippen molar-refractivity contribution >= 4 is 5.97 Å². The summed E-state index contributed by atoms with van der Waals surface area (Å²) in [5.41, 5.74) is 0. The molecule has 0 amide bonds. The van der Waals surface area contributed by atoms with E-state index in [1.807, 2.05) is 0 Å². The van der Waals surface area contributed by atoms with Gasteiger partial charge in [-0.05, 0) is 43.9 Å². The highest BCUT2D eigenvalue weighted by Crippen LogP contribution is 2.18. The number of carbonyl (C=O) groups excluding carboxylic acids is 1. The minimum absolute atomic E-state index is 0.0885. The average Bonchev–Trinajstić information content (AvgIpc) is 2.41. The van der Waals surface area contributed by atoms with Gasteiger partial charge in [0.25, 0.3) is 0 Å². The van der Waals surface area contributed by atoms with Gasteiger partial charge in [-0.25, -0.2) is 0 Å². The number of hydrogen-bond donors (Lipinski definition) is 0. The summed E-state index contributed by atoms with van der Waals surface area (Å²) in [6, 6.07) is 0. The molecule has 0 saturated carbocycles. The molecule has 0 aliphatic heterocycles. The molecule has 0 rings (SSSR count). The number of carbonyl (C=O) groups is 1. The standard InChI is InChI=1S/C17H32O2/c1-5-15(2)14-16(3)12-10-8-6-7-9-11-13-17(18)19-4/h8,10,15-16H,5-7,9,11-14H2,1-4H3/b10-8+/t15-,16+/m0/s1. The van der Waals surface area contributed by atoms with E-state index in [1.165, 1.54) is 32.8 Å². The molecule has 0 spiro atoms. The molecule has 0 heterocycles. The molecule has 2 atom stereocenters. The Labute approximate surface area is 119 Å². The van der Waals surface area contributed by atoms with Crippen LogP contribution in [0.5, 0.6) is 0 Å². The summed E-state index contributed by atoms with van der Waals surface area (Å²) >= 11 is 0. The van der Waals surface area contributed by atoms with E-state index in [0.29, 0.717) is 6.42 Å². The molecule has 0 N–H and O–H groups in total. The zero-order valence-electron chi connectivity index (χ0n) is 13.3. The molecule has 0 aliphatic rings. The first-order chi connectivity index (χ1) is 9.10. The van der Waals surface area contributed by atoms with Gasteiger partial charge in [0.05, 0.1) is 7.11 Å².